The topological polar surface area (TPSA) is 84.3 Å². The average molecular weight is 405 g/mol. The van der Waals surface area contributed by atoms with Gasteiger partial charge in [-0.15, -0.1) is 18.3 Å². The second kappa shape index (κ2) is 7.98. The summed E-state index contributed by atoms with van der Waals surface area (Å²) in [5.74, 6) is -0.387. The van der Waals surface area contributed by atoms with Gasteiger partial charge in [0.25, 0.3) is 5.56 Å². The van der Waals surface area contributed by atoms with Crippen LogP contribution in [0.2, 0.25) is 5.02 Å². The van der Waals surface area contributed by atoms with Gasteiger partial charge >= 0.3 is 0 Å². The number of hydrogen-bond donors (Lipinski definition) is 1. The molecule has 1 aromatic carbocycles. The Morgan fingerprint density at radius 1 is 1.44 bits per heavy atom. The third kappa shape index (κ3) is 3.91. The molecule has 0 aliphatic carbocycles. The van der Waals surface area contributed by atoms with Crippen molar-refractivity contribution in [1.82, 2.24) is 9.78 Å². The first-order chi connectivity index (χ1) is 12.9. The molecule has 0 unspecified atom stereocenters. The number of amides is 2. The molecule has 1 aliphatic rings. The largest absolute Gasteiger partial charge is 0.323 e. The third-order valence-electron chi connectivity index (χ3n) is 4.00. The van der Waals surface area contributed by atoms with Crippen molar-refractivity contribution in [2.45, 2.75) is 18.4 Å². The molecular formula is C18H17ClN4O3S. The van der Waals surface area contributed by atoms with Gasteiger partial charge in [-0.1, -0.05) is 29.8 Å². The van der Waals surface area contributed by atoms with Crippen molar-refractivity contribution in [2.24, 2.45) is 0 Å². The van der Waals surface area contributed by atoms with E-state index in [0.717, 1.165) is 10.2 Å². The maximum absolute atomic E-state index is 12.8. The van der Waals surface area contributed by atoms with Crippen LogP contribution in [0.25, 0.3) is 0 Å². The summed E-state index contributed by atoms with van der Waals surface area (Å²) in [6.07, 6.45) is 3.05. The van der Waals surface area contributed by atoms with E-state index in [1.807, 2.05) is 13.0 Å². The van der Waals surface area contributed by atoms with Crippen LogP contribution in [0.5, 0.6) is 0 Å². The Balaban J connectivity index is 1.88. The van der Waals surface area contributed by atoms with Crippen molar-refractivity contribution in [2.75, 3.05) is 22.5 Å². The molecule has 9 heteroatoms. The first-order valence-corrected chi connectivity index (χ1v) is 9.48. The van der Waals surface area contributed by atoms with Crippen LogP contribution in [0.3, 0.4) is 0 Å². The molecule has 0 fully saturated rings. The lowest BCUT2D eigenvalue weighted by atomic mass is 10.2. The van der Waals surface area contributed by atoms with Gasteiger partial charge in [-0.2, -0.15) is 5.10 Å². The minimum Gasteiger partial charge on any atom is -0.323 e. The number of para-hydroxylation sites is 1. The zero-order chi connectivity index (χ0) is 19.6. The van der Waals surface area contributed by atoms with Crippen LogP contribution in [-0.2, 0) is 16.1 Å². The third-order valence-corrected chi connectivity index (χ3v) is 5.31. The molecule has 0 bridgehead atoms. The zero-order valence-corrected chi connectivity index (χ0v) is 16.1. The van der Waals surface area contributed by atoms with Gasteiger partial charge < -0.3 is 10.2 Å². The molecule has 0 saturated heterocycles. The van der Waals surface area contributed by atoms with Crippen molar-refractivity contribution < 1.29 is 9.59 Å². The van der Waals surface area contributed by atoms with Crippen LogP contribution in [0.15, 0.2) is 46.7 Å². The van der Waals surface area contributed by atoms with Gasteiger partial charge in [0.05, 0.1) is 27.6 Å². The highest BCUT2D eigenvalue weighted by atomic mass is 35.5. The smallest absolute Gasteiger partial charge is 0.292 e. The van der Waals surface area contributed by atoms with Gasteiger partial charge in [-0.3, -0.25) is 14.4 Å². The Labute approximate surface area is 165 Å². The van der Waals surface area contributed by atoms with Gasteiger partial charge in [0, 0.05) is 6.54 Å². The van der Waals surface area contributed by atoms with E-state index in [0.29, 0.717) is 15.6 Å². The minimum absolute atomic E-state index is 0.182. The Bertz CT molecular complexity index is 969. The molecule has 0 saturated carbocycles. The summed E-state index contributed by atoms with van der Waals surface area (Å²) in [6, 6.07) is 5.27. The van der Waals surface area contributed by atoms with Crippen molar-refractivity contribution >= 4 is 46.6 Å². The standard InChI is InChI=1S/C18H17ClN4O3S/c1-3-7-22-15(25)10-27-13-8-20-23(18(26)17(13)22)9-14(24)21-16-11(2)5-4-6-12(16)19/h3-6,8H,1,7,9-10H2,2H3,(H,21,24). The number of aryl methyl sites for hydroxylation is 1. The summed E-state index contributed by atoms with van der Waals surface area (Å²) in [6.45, 7) is 5.37. The van der Waals surface area contributed by atoms with Gasteiger partial charge in [-0.25, -0.2) is 4.68 Å². The highest BCUT2D eigenvalue weighted by Crippen LogP contribution is 2.31. The predicted molar refractivity (Wildman–Crippen MR) is 107 cm³/mol. The Hall–Kier alpha value is -2.58. The van der Waals surface area contributed by atoms with Crippen LogP contribution in [0.1, 0.15) is 5.56 Å². The number of halogens is 1. The van der Waals surface area contributed by atoms with Crippen LogP contribution in [0, 0.1) is 6.92 Å². The van der Waals surface area contributed by atoms with Crippen molar-refractivity contribution in [3.05, 3.63) is 58.0 Å². The minimum atomic E-state index is -0.499. The number of nitrogens with one attached hydrogen (secondary N) is 1. The number of carbonyl (C=O) groups excluding carboxylic acids is 2. The molecule has 1 aromatic heterocycles. The number of nitrogens with zero attached hydrogens (tertiary/aromatic N) is 3. The molecule has 2 heterocycles. The molecule has 27 heavy (non-hydrogen) atoms. The molecule has 0 atom stereocenters. The number of hydrogen-bond acceptors (Lipinski definition) is 5. The van der Waals surface area contributed by atoms with E-state index in [-0.39, 0.29) is 30.4 Å². The molecule has 1 aliphatic heterocycles. The quantitative estimate of drug-likeness (QED) is 0.774. The second-order valence-electron chi connectivity index (χ2n) is 5.88. The van der Waals surface area contributed by atoms with Gasteiger partial charge in [0.1, 0.15) is 12.2 Å². The summed E-state index contributed by atoms with van der Waals surface area (Å²) in [7, 11) is 0. The Morgan fingerprint density at radius 3 is 2.93 bits per heavy atom. The lowest BCUT2D eigenvalue weighted by Gasteiger charge is -2.27. The van der Waals surface area contributed by atoms with Crippen LogP contribution in [0.4, 0.5) is 11.4 Å². The monoisotopic (exact) mass is 404 g/mol. The summed E-state index contributed by atoms with van der Waals surface area (Å²) < 4.78 is 1.04. The molecule has 1 N–H and O–H groups in total. The number of fused-ring (bicyclic) bond motifs is 1. The van der Waals surface area contributed by atoms with Crippen molar-refractivity contribution in [3.8, 4) is 0 Å². The molecule has 0 spiro atoms. The number of benzene rings is 1. The number of carbonyl (C=O) groups is 2. The van der Waals surface area contributed by atoms with E-state index >= 15 is 0 Å². The SMILES string of the molecule is C=CCN1C(=O)CSc2cnn(CC(=O)Nc3c(C)cccc3Cl)c(=O)c21. The average Bonchev–Trinajstić information content (AvgIpc) is 2.63. The van der Waals surface area contributed by atoms with Gasteiger partial charge in [0.2, 0.25) is 11.8 Å². The second-order valence-corrected chi connectivity index (χ2v) is 7.31. The van der Waals surface area contributed by atoms with Crippen LogP contribution < -0.4 is 15.8 Å². The lowest BCUT2D eigenvalue weighted by molar-refractivity contribution is -0.117. The molecule has 7 nitrogen and oxygen atoms in total. The highest BCUT2D eigenvalue weighted by molar-refractivity contribution is 8.00. The van der Waals surface area contributed by atoms with E-state index in [4.69, 9.17) is 11.6 Å². The predicted octanol–water partition coefficient (Wildman–Crippen LogP) is 2.47. The zero-order valence-electron chi connectivity index (χ0n) is 14.6. The van der Waals surface area contributed by atoms with E-state index in [2.05, 4.69) is 17.0 Å². The first-order valence-electron chi connectivity index (χ1n) is 8.11. The summed E-state index contributed by atoms with van der Waals surface area (Å²) >= 11 is 7.37. The molecule has 0 radical (unpaired) electrons. The van der Waals surface area contributed by atoms with Gasteiger partial charge in [0.15, 0.2) is 0 Å². The fourth-order valence-corrected chi connectivity index (χ4v) is 3.86. The van der Waals surface area contributed by atoms with E-state index in [9.17, 15) is 14.4 Å². The Morgan fingerprint density at radius 2 is 2.22 bits per heavy atom. The number of thioether (sulfide) groups is 1. The highest BCUT2D eigenvalue weighted by Gasteiger charge is 2.28. The fourth-order valence-electron chi connectivity index (χ4n) is 2.70. The van der Waals surface area contributed by atoms with E-state index in [1.165, 1.54) is 22.9 Å². The maximum Gasteiger partial charge on any atom is 0.292 e. The molecule has 3 rings (SSSR count). The van der Waals surface area contributed by atoms with Crippen molar-refractivity contribution in [3.63, 3.8) is 0 Å². The van der Waals surface area contributed by atoms with Crippen LogP contribution >= 0.6 is 23.4 Å². The first kappa shape index (κ1) is 19.2. The fraction of sp³-hybridized carbons (Fsp3) is 0.222. The van der Waals surface area contributed by atoms with Crippen LogP contribution in [-0.4, -0.2) is 33.9 Å². The molecular weight excluding hydrogens is 388 g/mol. The number of rotatable bonds is 5. The summed E-state index contributed by atoms with van der Waals surface area (Å²) in [5.41, 5.74) is 1.03. The number of aromatic nitrogens is 2. The molecule has 2 aromatic rings. The molecule has 140 valence electrons. The number of anilines is 2. The van der Waals surface area contributed by atoms with E-state index in [1.54, 1.807) is 18.2 Å². The summed E-state index contributed by atoms with van der Waals surface area (Å²) in [5, 5.41) is 7.18. The molecule has 2 amide bonds. The normalized spacial score (nSPS) is 13.3. The van der Waals surface area contributed by atoms with Gasteiger partial charge in [-0.05, 0) is 18.6 Å². The van der Waals surface area contributed by atoms with Crippen molar-refractivity contribution in [1.29, 1.82) is 0 Å². The lowest BCUT2D eigenvalue weighted by Crippen LogP contribution is -2.42. The summed E-state index contributed by atoms with van der Waals surface area (Å²) in [4.78, 5) is 39.4. The maximum atomic E-state index is 12.8. The Kier molecular flexibility index (Phi) is 5.67. The van der Waals surface area contributed by atoms with E-state index < -0.39 is 11.5 Å².